The first-order chi connectivity index (χ1) is 10.1. The van der Waals surface area contributed by atoms with Gasteiger partial charge in [0.25, 0.3) is 0 Å². The molecule has 1 heterocycles. The Morgan fingerprint density at radius 1 is 1.29 bits per heavy atom. The average Bonchev–Trinajstić information content (AvgIpc) is 2.80. The average molecular weight is 290 g/mol. The van der Waals surface area contributed by atoms with Crippen LogP contribution >= 0.6 is 0 Å². The highest BCUT2D eigenvalue weighted by atomic mass is 16.5. The van der Waals surface area contributed by atoms with Crippen molar-refractivity contribution < 1.29 is 9.84 Å². The lowest BCUT2D eigenvalue weighted by molar-refractivity contribution is 0.151. The van der Waals surface area contributed by atoms with Crippen molar-refractivity contribution in [2.75, 3.05) is 7.11 Å². The molecule has 5 nitrogen and oxygen atoms in total. The molecule has 0 aliphatic rings. The van der Waals surface area contributed by atoms with Crippen LogP contribution in [0.2, 0.25) is 0 Å². The third-order valence-corrected chi connectivity index (χ3v) is 3.50. The standard InChI is InChI=1S/C16H22N2O3/c1-4-7-17-8-9-18(16(17)20)11-14(19)13-10-12(2)5-6-15(13)21-3/h5-6,8-10,14,19H,4,7,11H2,1-3H3. The number of aliphatic hydroxyl groups is 1. The van der Waals surface area contributed by atoms with Crippen LogP contribution in [0, 0.1) is 6.92 Å². The maximum Gasteiger partial charge on any atom is 0.328 e. The number of aromatic nitrogens is 2. The molecule has 1 unspecified atom stereocenters. The molecule has 0 amide bonds. The zero-order valence-electron chi connectivity index (χ0n) is 12.7. The molecule has 1 aromatic carbocycles. The van der Waals surface area contributed by atoms with E-state index in [0.717, 1.165) is 12.0 Å². The SMILES string of the molecule is CCCn1ccn(CC(O)c2cc(C)ccc2OC)c1=O. The molecule has 1 aromatic heterocycles. The Morgan fingerprint density at radius 2 is 2.00 bits per heavy atom. The molecular formula is C16H22N2O3. The van der Waals surface area contributed by atoms with Crippen molar-refractivity contribution >= 4 is 0 Å². The van der Waals surface area contributed by atoms with Gasteiger partial charge in [0, 0.05) is 24.5 Å². The van der Waals surface area contributed by atoms with Crippen molar-refractivity contribution in [3.8, 4) is 5.75 Å². The molecule has 0 aliphatic heterocycles. The van der Waals surface area contributed by atoms with Gasteiger partial charge in [0.15, 0.2) is 0 Å². The van der Waals surface area contributed by atoms with E-state index in [1.807, 2.05) is 32.0 Å². The summed E-state index contributed by atoms with van der Waals surface area (Å²) in [7, 11) is 1.57. The summed E-state index contributed by atoms with van der Waals surface area (Å²) in [5.41, 5.74) is 1.65. The van der Waals surface area contributed by atoms with E-state index in [2.05, 4.69) is 0 Å². The molecule has 0 bridgehead atoms. The topological polar surface area (TPSA) is 56.4 Å². The van der Waals surface area contributed by atoms with Crippen LogP contribution in [-0.2, 0) is 13.1 Å². The van der Waals surface area contributed by atoms with E-state index in [9.17, 15) is 9.90 Å². The van der Waals surface area contributed by atoms with Crippen LogP contribution in [-0.4, -0.2) is 21.4 Å². The van der Waals surface area contributed by atoms with Crippen LogP contribution in [0.5, 0.6) is 5.75 Å². The Balaban J connectivity index is 2.24. The Kier molecular flexibility index (Phi) is 4.85. The summed E-state index contributed by atoms with van der Waals surface area (Å²) in [6.45, 7) is 4.89. The number of ether oxygens (including phenoxy) is 1. The van der Waals surface area contributed by atoms with Gasteiger partial charge in [-0.3, -0.25) is 9.13 Å². The number of nitrogens with zero attached hydrogens (tertiary/aromatic N) is 2. The third-order valence-electron chi connectivity index (χ3n) is 3.50. The summed E-state index contributed by atoms with van der Waals surface area (Å²) < 4.78 is 8.46. The second kappa shape index (κ2) is 6.63. The van der Waals surface area contributed by atoms with Crippen molar-refractivity contribution in [3.63, 3.8) is 0 Å². The van der Waals surface area contributed by atoms with E-state index in [1.54, 1.807) is 24.1 Å². The summed E-state index contributed by atoms with van der Waals surface area (Å²) >= 11 is 0. The van der Waals surface area contributed by atoms with E-state index < -0.39 is 6.10 Å². The van der Waals surface area contributed by atoms with E-state index in [1.165, 1.54) is 4.57 Å². The number of methoxy groups -OCH3 is 1. The van der Waals surface area contributed by atoms with Crippen LogP contribution in [0.1, 0.15) is 30.6 Å². The predicted molar refractivity (Wildman–Crippen MR) is 81.7 cm³/mol. The van der Waals surface area contributed by atoms with Crippen LogP contribution in [0.4, 0.5) is 0 Å². The molecule has 5 heteroatoms. The molecule has 0 fully saturated rings. The van der Waals surface area contributed by atoms with Gasteiger partial charge in [0.05, 0.1) is 13.7 Å². The number of aryl methyl sites for hydroxylation is 2. The monoisotopic (exact) mass is 290 g/mol. The number of imidazole rings is 1. The molecule has 0 saturated heterocycles. The van der Waals surface area contributed by atoms with Crippen molar-refractivity contribution in [3.05, 3.63) is 52.2 Å². The molecular weight excluding hydrogens is 268 g/mol. The van der Waals surface area contributed by atoms with Crippen LogP contribution < -0.4 is 10.4 Å². The van der Waals surface area contributed by atoms with Gasteiger partial charge in [-0.1, -0.05) is 18.6 Å². The van der Waals surface area contributed by atoms with Crippen molar-refractivity contribution in [2.24, 2.45) is 0 Å². The van der Waals surface area contributed by atoms with Gasteiger partial charge < -0.3 is 9.84 Å². The fraction of sp³-hybridized carbons (Fsp3) is 0.438. The lowest BCUT2D eigenvalue weighted by atomic mass is 10.1. The van der Waals surface area contributed by atoms with Gasteiger partial charge in [-0.05, 0) is 25.5 Å². The van der Waals surface area contributed by atoms with E-state index >= 15 is 0 Å². The second-order valence-electron chi connectivity index (χ2n) is 5.19. The molecule has 0 saturated carbocycles. The highest BCUT2D eigenvalue weighted by molar-refractivity contribution is 5.38. The molecule has 0 radical (unpaired) electrons. The number of aliphatic hydroxyl groups excluding tert-OH is 1. The van der Waals surface area contributed by atoms with Crippen molar-refractivity contribution in [1.82, 2.24) is 9.13 Å². The summed E-state index contributed by atoms with van der Waals surface area (Å²) in [5, 5.41) is 10.4. The third kappa shape index (κ3) is 3.36. The number of rotatable bonds is 6. The van der Waals surface area contributed by atoms with Gasteiger partial charge in [-0.15, -0.1) is 0 Å². The highest BCUT2D eigenvalue weighted by Crippen LogP contribution is 2.27. The van der Waals surface area contributed by atoms with Crippen LogP contribution in [0.25, 0.3) is 0 Å². The number of hydrogen-bond acceptors (Lipinski definition) is 3. The van der Waals surface area contributed by atoms with E-state index in [4.69, 9.17) is 4.74 Å². The zero-order valence-corrected chi connectivity index (χ0v) is 12.7. The minimum absolute atomic E-state index is 0.0949. The molecule has 114 valence electrons. The Hall–Kier alpha value is -2.01. The molecule has 1 N–H and O–H groups in total. The Labute approximate surface area is 124 Å². The summed E-state index contributed by atoms with van der Waals surface area (Å²) in [6, 6.07) is 5.65. The van der Waals surface area contributed by atoms with Gasteiger partial charge >= 0.3 is 5.69 Å². The molecule has 2 rings (SSSR count). The normalized spacial score (nSPS) is 12.4. The Morgan fingerprint density at radius 3 is 2.67 bits per heavy atom. The Bertz CT molecular complexity index is 658. The number of benzene rings is 1. The lowest BCUT2D eigenvalue weighted by Crippen LogP contribution is -2.26. The van der Waals surface area contributed by atoms with E-state index in [-0.39, 0.29) is 12.2 Å². The molecule has 0 aliphatic carbocycles. The van der Waals surface area contributed by atoms with Crippen molar-refractivity contribution in [1.29, 1.82) is 0 Å². The van der Waals surface area contributed by atoms with Crippen LogP contribution in [0.15, 0.2) is 35.4 Å². The van der Waals surface area contributed by atoms with Gasteiger partial charge in [-0.25, -0.2) is 4.79 Å². The predicted octanol–water partition coefficient (Wildman–Crippen LogP) is 2.11. The molecule has 21 heavy (non-hydrogen) atoms. The van der Waals surface area contributed by atoms with E-state index in [0.29, 0.717) is 17.9 Å². The maximum atomic E-state index is 12.1. The molecule has 2 aromatic rings. The zero-order chi connectivity index (χ0) is 15.4. The smallest absolute Gasteiger partial charge is 0.328 e. The summed E-state index contributed by atoms with van der Waals surface area (Å²) in [5.74, 6) is 0.633. The first-order valence-electron chi connectivity index (χ1n) is 7.15. The minimum Gasteiger partial charge on any atom is -0.496 e. The summed E-state index contributed by atoms with van der Waals surface area (Å²) in [4.78, 5) is 12.1. The highest BCUT2D eigenvalue weighted by Gasteiger charge is 2.15. The number of hydrogen-bond donors (Lipinski definition) is 1. The first-order valence-corrected chi connectivity index (χ1v) is 7.15. The second-order valence-corrected chi connectivity index (χ2v) is 5.19. The van der Waals surface area contributed by atoms with Gasteiger partial charge in [-0.2, -0.15) is 0 Å². The first kappa shape index (κ1) is 15.4. The molecule has 1 atom stereocenters. The van der Waals surface area contributed by atoms with Crippen LogP contribution in [0.3, 0.4) is 0 Å². The lowest BCUT2D eigenvalue weighted by Gasteiger charge is -2.15. The maximum absolute atomic E-state index is 12.1. The molecule has 0 spiro atoms. The van der Waals surface area contributed by atoms with Gasteiger partial charge in [0.1, 0.15) is 11.9 Å². The summed E-state index contributed by atoms with van der Waals surface area (Å²) in [6.07, 6.45) is 3.59. The fourth-order valence-corrected chi connectivity index (χ4v) is 2.40. The van der Waals surface area contributed by atoms with Gasteiger partial charge in [0.2, 0.25) is 0 Å². The quantitative estimate of drug-likeness (QED) is 0.886. The van der Waals surface area contributed by atoms with Crippen molar-refractivity contribution in [2.45, 2.75) is 39.5 Å². The largest absolute Gasteiger partial charge is 0.496 e. The minimum atomic E-state index is -0.782. The fourth-order valence-electron chi connectivity index (χ4n) is 2.40.